The molecule has 0 aromatic heterocycles. The van der Waals surface area contributed by atoms with Gasteiger partial charge in [0.05, 0.1) is 0 Å². The van der Waals surface area contributed by atoms with Crippen LogP contribution < -0.4 is 10.9 Å². The standard InChI is InChI=1S/C4H12N4O3S/c1-8(12(6,10)11)3-2-4(5)7-9/h9H,2-3H2,1H3,(H2,5,7)(H2,6,10,11). The largest absolute Gasteiger partial charge is 0.409 e. The van der Waals surface area contributed by atoms with Gasteiger partial charge in [0.25, 0.3) is 10.2 Å². The van der Waals surface area contributed by atoms with E-state index in [1.165, 1.54) is 7.05 Å². The summed E-state index contributed by atoms with van der Waals surface area (Å²) in [6.45, 7) is 0.0920. The van der Waals surface area contributed by atoms with Gasteiger partial charge in [-0.1, -0.05) is 5.16 Å². The fourth-order valence-corrected chi connectivity index (χ4v) is 0.795. The molecule has 7 nitrogen and oxygen atoms in total. The van der Waals surface area contributed by atoms with Crippen molar-refractivity contribution in [2.24, 2.45) is 16.0 Å². The second-order valence-electron chi connectivity index (χ2n) is 2.21. The summed E-state index contributed by atoms with van der Waals surface area (Å²) < 4.78 is 22.1. The maximum Gasteiger partial charge on any atom is 0.276 e. The lowest BCUT2D eigenvalue weighted by atomic mass is 10.4. The maximum absolute atomic E-state index is 10.6. The van der Waals surface area contributed by atoms with E-state index in [1.807, 2.05) is 0 Å². The predicted molar refractivity (Wildman–Crippen MR) is 43.8 cm³/mol. The van der Waals surface area contributed by atoms with Crippen molar-refractivity contribution in [1.29, 1.82) is 0 Å². The Morgan fingerprint density at radius 3 is 2.50 bits per heavy atom. The summed E-state index contributed by atoms with van der Waals surface area (Å²) in [6, 6.07) is 0. The quantitative estimate of drug-likeness (QED) is 0.214. The fourth-order valence-electron chi connectivity index (χ4n) is 0.449. The molecule has 0 aromatic rings. The first-order chi connectivity index (χ1) is 5.38. The van der Waals surface area contributed by atoms with Gasteiger partial charge in [0.2, 0.25) is 0 Å². The van der Waals surface area contributed by atoms with Gasteiger partial charge in [0, 0.05) is 20.0 Å². The molecule has 0 saturated carbocycles. The third-order valence-corrected chi connectivity index (χ3v) is 2.30. The van der Waals surface area contributed by atoms with E-state index >= 15 is 0 Å². The Kier molecular flexibility index (Phi) is 3.93. The molecule has 0 aliphatic rings. The zero-order chi connectivity index (χ0) is 9.78. The monoisotopic (exact) mass is 196 g/mol. The highest BCUT2D eigenvalue weighted by molar-refractivity contribution is 7.86. The highest BCUT2D eigenvalue weighted by atomic mass is 32.2. The van der Waals surface area contributed by atoms with E-state index < -0.39 is 10.2 Å². The van der Waals surface area contributed by atoms with Crippen molar-refractivity contribution >= 4 is 16.0 Å². The number of nitrogens with zero attached hydrogens (tertiary/aromatic N) is 2. The van der Waals surface area contributed by atoms with Gasteiger partial charge in [0.15, 0.2) is 0 Å². The molecular weight excluding hydrogens is 184 g/mol. The Labute approximate surface area is 70.8 Å². The molecule has 0 aliphatic heterocycles. The van der Waals surface area contributed by atoms with Gasteiger partial charge < -0.3 is 10.9 Å². The lowest BCUT2D eigenvalue weighted by molar-refractivity contribution is 0.316. The SMILES string of the molecule is CN(CCC(N)=NO)S(N)(=O)=O. The van der Waals surface area contributed by atoms with Crippen molar-refractivity contribution in [2.45, 2.75) is 6.42 Å². The summed E-state index contributed by atoms with van der Waals surface area (Å²) in [4.78, 5) is 0. The van der Waals surface area contributed by atoms with E-state index in [0.717, 1.165) is 4.31 Å². The predicted octanol–water partition coefficient (Wildman–Crippen LogP) is -1.74. The van der Waals surface area contributed by atoms with Crippen LogP contribution in [0, 0.1) is 0 Å². The molecule has 5 N–H and O–H groups in total. The van der Waals surface area contributed by atoms with Crippen molar-refractivity contribution in [3.63, 3.8) is 0 Å². The van der Waals surface area contributed by atoms with E-state index in [1.54, 1.807) is 0 Å². The van der Waals surface area contributed by atoms with Crippen LogP contribution in [0.4, 0.5) is 0 Å². The zero-order valence-electron chi connectivity index (χ0n) is 6.64. The van der Waals surface area contributed by atoms with E-state index in [-0.39, 0.29) is 18.8 Å². The summed E-state index contributed by atoms with van der Waals surface area (Å²) >= 11 is 0. The number of rotatable bonds is 4. The number of oxime groups is 1. The molecule has 0 bridgehead atoms. The van der Waals surface area contributed by atoms with Crippen LogP contribution in [0.3, 0.4) is 0 Å². The highest BCUT2D eigenvalue weighted by Gasteiger charge is 2.10. The Morgan fingerprint density at radius 1 is 1.67 bits per heavy atom. The van der Waals surface area contributed by atoms with Crippen LogP contribution in [-0.4, -0.2) is 37.4 Å². The smallest absolute Gasteiger partial charge is 0.276 e. The zero-order valence-corrected chi connectivity index (χ0v) is 7.45. The van der Waals surface area contributed by atoms with E-state index in [4.69, 9.17) is 16.1 Å². The number of hydrogen-bond acceptors (Lipinski definition) is 4. The lowest BCUT2D eigenvalue weighted by Crippen LogP contribution is -2.35. The van der Waals surface area contributed by atoms with Gasteiger partial charge in [-0.15, -0.1) is 0 Å². The van der Waals surface area contributed by atoms with Crippen molar-refractivity contribution in [3.05, 3.63) is 0 Å². The Bertz CT molecular complexity index is 259. The van der Waals surface area contributed by atoms with Gasteiger partial charge in [0.1, 0.15) is 5.84 Å². The van der Waals surface area contributed by atoms with Crippen LogP contribution in [0.1, 0.15) is 6.42 Å². The first-order valence-corrected chi connectivity index (χ1v) is 4.58. The lowest BCUT2D eigenvalue weighted by Gasteiger charge is -2.11. The summed E-state index contributed by atoms with van der Waals surface area (Å²) in [5, 5.41) is 15.6. The molecule has 0 fully saturated rings. The minimum Gasteiger partial charge on any atom is -0.409 e. The molecular formula is C4H12N4O3S. The first kappa shape index (κ1) is 11.1. The molecule has 0 heterocycles. The molecule has 8 heteroatoms. The summed E-state index contributed by atoms with van der Waals surface area (Å²) in [5.74, 6) is -0.0366. The van der Waals surface area contributed by atoms with E-state index in [2.05, 4.69) is 5.16 Å². The molecule has 0 rings (SSSR count). The van der Waals surface area contributed by atoms with Crippen LogP contribution >= 0.6 is 0 Å². The Morgan fingerprint density at radius 2 is 2.17 bits per heavy atom. The fraction of sp³-hybridized carbons (Fsp3) is 0.750. The van der Waals surface area contributed by atoms with Crippen molar-refractivity contribution < 1.29 is 13.6 Å². The number of nitrogens with two attached hydrogens (primary N) is 2. The van der Waals surface area contributed by atoms with E-state index in [0.29, 0.717) is 0 Å². The Hall–Kier alpha value is -0.860. The van der Waals surface area contributed by atoms with Crippen LogP contribution in [-0.2, 0) is 10.2 Å². The van der Waals surface area contributed by atoms with Gasteiger partial charge in [-0.3, -0.25) is 0 Å². The number of hydrogen-bond donors (Lipinski definition) is 3. The van der Waals surface area contributed by atoms with Gasteiger partial charge in [-0.25, -0.2) is 5.14 Å². The normalized spacial score (nSPS) is 13.8. The van der Waals surface area contributed by atoms with Crippen molar-refractivity contribution in [2.75, 3.05) is 13.6 Å². The van der Waals surface area contributed by atoms with Crippen LogP contribution in [0.2, 0.25) is 0 Å². The third-order valence-electron chi connectivity index (χ3n) is 1.25. The molecule has 0 unspecified atom stereocenters. The minimum absolute atomic E-state index is 0.0366. The highest BCUT2D eigenvalue weighted by Crippen LogP contribution is 1.91. The van der Waals surface area contributed by atoms with Crippen LogP contribution in [0.5, 0.6) is 0 Å². The molecule has 0 spiro atoms. The summed E-state index contributed by atoms with van der Waals surface area (Å²) in [6.07, 6.45) is 0.142. The number of amidine groups is 1. The molecule has 0 saturated heterocycles. The molecule has 0 amide bonds. The van der Waals surface area contributed by atoms with Crippen LogP contribution in [0.15, 0.2) is 5.16 Å². The molecule has 0 radical (unpaired) electrons. The van der Waals surface area contributed by atoms with Crippen LogP contribution in [0.25, 0.3) is 0 Å². The van der Waals surface area contributed by atoms with Gasteiger partial charge in [-0.2, -0.15) is 12.7 Å². The van der Waals surface area contributed by atoms with Crippen molar-refractivity contribution in [3.8, 4) is 0 Å². The van der Waals surface area contributed by atoms with Gasteiger partial charge >= 0.3 is 0 Å². The molecule has 0 aromatic carbocycles. The topological polar surface area (TPSA) is 122 Å². The first-order valence-electron chi connectivity index (χ1n) is 3.08. The van der Waals surface area contributed by atoms with E-state index in [9.17, 15) is 8.42 Å². The second kappa shape index (κ2) is 4.24. The van der Waals surface area contributed by atoms with Crippen molar-refractivity contribution in [1.82, 2.24) is 4.31 Å². The molecule has 12 heavy (non-hydrogen) atoms. The summed E-state index contributed by atoms with van der Waals surface area (Å²) in [7, 11) is -2.36. The average molecular weight is 196 g/mol. The summed E-state index contributed by atoms with van der Waals surface area (Å²) in [5.41, 5.74) is 5.10. The molecule has 72 valence electrons. The maximum atomic E-state index is 10.6. The molecule has 0 atom stereocenters. The third kappa shape index (κ3) is 4.11. The second-order valence-corrected chi connectivity index (χ2v) is 3.86. The molecule has 0 aliphatic carbocycles. The Balaban J connectivity index is 3.97. The minimum atomic E-state index is -3.67. The average Bonchev–Trinajstić information content (AvgIpc) is 1.97. The van der Waals surface area contributed by atoms with Gasteiger partial charge in [-0.05, 0) is 0 Å².